The number of quaternary nitrogens is 1. The third-order valence-electron chi connectivity index (χ3n) is 9.64. The van der Waals surface area contributed by atoms with E-state index in [2.05, 4.69) is 51.2 Å². The summed E-state index contributed by atoms with van der Waals surface area (Å²) in [6.45, 7) is 6.63. The summed E-state index contributed by atoms with van der Waals surface area (Å²) >= 11 is 0. The number of ether oxygens (including phenoxy) is 1. The maximum atomic E-state index is 14.3. The molecule has 3 aliphatic rings. The number of fused-ring (bicyclic) bond motifs is 1. The summed E-state index contributed by atoms with van der Waals surface area (Å²) in [5, 5.41) is 10.7. The number of aliphatic carboxylic acids is 1. The summed E-state index contributed by atoms with van der Waals surface area (Å²) in [6, 6.07) is 13.9. The molecule has 0 spiro atoms. The fourth-order valence-electron chi connectivity index (χ4n) is 7.40. The second-order valence-corrected chi connectivity index (χ2v) is 14.3. The minimum absolute atomic E-state index is 0.0200. The molecule has 2 saturated heterocycles. The van der Waals surface area contributed by atoms with Gasteiger partial charge in [-0.15, -0.1) is 0 Å². The van der Waals surface area contributed by atoms with Gasteiger partial charge in [-0.05, 0) is 48.6 Å². The molecule has 10 nitrogen and oxygen atoms in total. The summed E-state index contributed by atoms with van der Waals surface area (Å²) in [5.41, 5.74) is 4.13. The van der Waals surface area contributed by atoms with E-state index >= 15 is 0 Å². The molecule has 0 radical (unpaired) electrons. The number of carbonyl (C=O) groups is 3. The predicted molar refractivity (Wildman–Crippen MR) is 179 cm³/mol. The molecule has 0 bridgehead atoms. The second-order valence-electron chi connectivity index (χ2n) is 14.3. The standard InChI is InChI=1S/C36H51N5O5/c1-6-7-18-40(29-11-8-10-26(21-29)25-41(3,4)5)33(42)24-39-23-30(27-12-13-32-28(22-27)15-20-46-32)34(35(43)44)31(39)14-19-38-17-9-16-37(2)36(38)45/h8,10-13,21-22,30-31,34H,6-7,9,14-20,23-25H2,1-5H3/p+1/t30-,31+,34-/m1/s1. The van der Waals surface area contributed by atoms with Crippen LogP contribution < -0.4 is 9.64 Å². The van der Waals surface area contributed by atoms with Crippen molar-refractivity contribution in [3.05, 3.63) is 59.2 Å². The number of urea groups is 1. The molecule has 0 aliphatic carbocycles. The molecule has 46 heavy (non-hydrogen) atoms. The molecule has 3 atom stereocenters. The van der Waals surface area contributed by atoms with Gasteiger partial charge in [0.25, 0.3) is 0 Å². The van der Waals surface area contributed by atoms with E-state index in [1.54, 1.807) is 4.90 Å². The highest BCUT2D eigenvalue weighted by atomic mass is 16.5. The van der Waals surface area contributed by atoms with Crippen molar-refractivity contribution < 1.29 is 28.7 Å². The first-order chi connectivity index (χ1) is 21.9. The SMILES string of the molecule is CCCCN(C(=O)CN1C[C@H](c2ccc3c(c2)CCO3)[C@@H](C(=O)O)[C@@H]1CCN1CCCN(C)C1=O)c1cccc(C[N+](C)(C)C)c1. The average molecular weight is 635 g/mol. The van der Waals surface area contributed by atoms with E-state index in [1.165, 1.54) is 5.56 Å². The van der Waals surface area contributed by atoms with Crippen LogP contribution in [-0.2, 0) is 22.6 Å². The van der Waals surface area contributed by atoms with Gasteiger partial charge < -0.3 is 29.0 Å². The number of hydrogen-bond acceptors (Lipinski definition) is 5. The van der Waals surface area contributed by atoms with Crippen molar-refractivity contribution in [2.75, 3.05) is 79.0 Å². The number of amides is 3. The summed E-state index contributed by atoms with van der Waals surface area (Å²) < 4.78 is 6.51. The van der Waals surface area contributed by atoms with E-state index in [0.717, 1.165) is 65.8 Å². The van der Waals surface area contributed by atoms with Gasteiger partial charge in [-0.25, -0.2) is 4.79 Å². The number of likely N-dealkylation sites (tertiary alicyclic amines) is 1. The van der Waals surface area contributed by atoms with Crippen molar-refractivity contribution in [1.29, 1.82) is 0 Å². The first kappa shape index (κ1) is 33.7. The number of hydrogen-bond donors (Lipinski definition) is 1. The lowest BCUT2D eigenvalue weighted by Gasteiger charge is -2.35. The van der Waals surface area contributed by atoms with Crippen LogP contribution in [0, 0.1) is 5.92 Å². The Balaban J connectivity index is 1.43. The summed E-state index contributed by atoms with van der Waals surface area (Å²) in [5.74, 6) is -1.01. The van der Waals surface area contributed by atoms with E-state index in [4.69, 9.17) is 4.74 Å². The number of benzene rings is 2. The zero-order valence-electron chi connectivity index (χ0n) is 28.3. The van der Waals surface area contributed by atoms with Gasteiger partial charge in [0.1, 0.15) is 12.3 Å². The Morgan fingerprint density at radius 1 is 1.11 bits per heavy atom. The average Bonchev–Trinajstić information content (AvgIpc) is 3.61. The molecular weight excluding hydrogens is 582 g/mol. The highest BCUT2D eigenvalue weighted by Gasteiger charge is 2.47. The zero-order valence-corrected chi connectivity index (χ0v) is 28.3. The highest BCUT2D eigenvalue weighted by Crippen LogP contribution is 2.41. The molecule has 3 aliphatic heterocycles. The summed E-state index contributed by atoms with van der Waals surface area (Å²) in [7, 11) is 8.26. The molecule has 0 saturated carbocycles. The Morgan fingerprint density at radius 2 is 1.91 bits per heavy atom. The second kappa shape index (κ2) is 14.4. The minimum Gasteiger partial charge on any atom is -0.493 e. The number of anilines is 1. The van der Waals surface area contributed by atoms with Crippen LogP contribution in [0.3, 0.4) is 0 Å². The molecule has 1 N–H and O–H groups in total. The fourth-order valence-corrected chi connectivity index (χ4v) is 7.40. The van der Waals surface area contributed by atoms with Crippen molar-refractivity contribution in [2.45, 2.75) is 57.5 Å². The molecular formula is C36H52N5O5+. The first-order valence-corrected chi connectivity index (χ1v) is 16.9. The number of unbranched alkanes of at least 4 members (excludes halogenated alkanes) is 1. The monoisotopic (exact) mass is 634 g/mol. The number of carbonyl (C=O) groups excluding carboxylic acids is 2. The predicted octanol–water partition coefficient (Wildman–Crippen LogP) is 4.28. The van der Waals surface area contributed by atoms with Crippen LogP contribution in [-0.4, -0.2) is 122 Å². The van der Waals surface area contributed by atoms with Crippen LogP contribution in [0.15, 0.2) is 42.5 Å². The van der Waals surface area contributed by atoms with Crippen LogP contribution in [0.1, 0.15) is 55.2 Å². The normalized spacial score (nSPS) is 21.8. The van der Waals surface area contributed by atoms with Gasteiger partial charge in [0.05, 0.1) is 40.2 Å². The number of nitrogens with zero attached hydrogens (tertiary/aromatic N) is 5. The van der Waals surface area contributed by atoms with E-state index in [9.17, 15) is 19.5 Å². The fraction of sp³-hybridized carbons (Fsp3) is 0.583. The smallest absolute Gasteiger partial charge is 0.319 e. The van der Waals surface area contributed by atoms with Crippen molar-refractivity contribution in [3.8, 4) is 5.75 Å². The maximum absolute atomic E-state index is 14.3. The van der Waals surface area contributed by atoms with E-state index in [0.29, 0.717) is 39.2 Å². The zero-order chi connectivity index (χ0) is 33.0. The molecule has 0 aromatic heterocycles. The molecule has 2 fully saturated rings. The van der Waals surface area contributed by atoms with E-state index in [-0.39, 0.29) is 24.4 Å². The molecule has 0 unspecified atom stereocenters. The van der Waals surface area contributed by atoms with E-state index in [1.807, 2.05) is 41.1 Å². The molecule has 5 rings (SSSR count). The van der Waals surface area contributed by atoms with E-state index < -0.39 is 17.9 Å². The largest absolute Gasteiger partial charge is 0.493 e. The Bertz CT molecular complexity index is 1410. The molecule has 3 amide bonds. The van der Waals surface area contributed by atoms with Crippen LogP contribution in [0.5, 0.6) is 5.75 Å². The summed E-state index contributed by atoms with van der Waals surface area (Å²) in [6.07, 6.45) is 4.01. The summed E-state index contributed by atoms with van der Waals surface area (Å²) in [4.78, 5) is 47.7. The van der Waals surface area contributed by atoms with Gasteiger partial charge in [0.15, 0.2) is 0 Å². The van der Waals surface area contributed by atoms with Crippen LogP contribution in [0.2, 0.25) is 0 Å². The van der Waals surface area contributed by atoms with Crippen molar-refractivity contribution in [1.82, 2.24) is 14.7 Å². The lowest BCUT2D eigenvalue weighted by molar-refractivity contribution is -0.884. The Kier molecular flexibility index (Phi) is 10.6. The van der Waals surface area contributed by atoms with Gasteiger partial charge in [-0.1, -0.05) is 37.6 Å². The Morgan fingerprint density at radius 3 is 2.65 bits per heavy atom. The third kappa shape index (κ3) is 7.83. The molecule has 250 valence electrons. The number of carboxylic acids is 1. The lowest BCUT2D eigenvalue weighted by Crippen LogP contribution is -2.50. The van der Waals surface area contributed by atoms with Gasteiger partial charge in [-0.3, -0.25) is 14.5 Å². The number of carboxylic acid groups (broad SMARTS) is 1. The topological polar surface area (TPSA) is 93.6 Å². The first-order valence-electron chi connectivity index (χ1n) is 16.9. The van der Waals surface area contributed by atoms with Crippen molar-refractivity contribution >= 4 is 23.6 Å². The molecule has 3 heterocycles. The Hall–Kier alpha value is -3.63. The van der Waals surface area contributed by atoms with Gasteiger partial charge in [0, 0.05) is 69.4 Å². The van der Waals surface area contributed by atoms with Gasteiger partial charge >= 0.3 is 12.0 Å². The molecule has 10 heteroatoms. The van der Waals surface area contributed by atoms with Crippen LogP contribution in [0.4, 0.5) is 10.5 Å². The third-order valence-corrected chi connectivity index (χ3v) is 9.64. The van der Waals surface area contributed by atoms with Crippen LogP contribution >= 0.6 is 0 Å². The Labute approximate surface area is 274 Å². The van der Waals surface area contributed by atoms with Gasteiger partial charge in [0.2, 0.25) is 5.91 Å². The lowest BCUT2D eigenvalue weighted by atomic mass is 9.83. The van der Waals surface area contributed by atoms with Gasteiger partial charge in [-0.2, -0.15) is 0 Å². The van der Waals surface area contributed by atoms with Crippen LogP contribution in [0.25, 0.3) is 0 Å². The highest BCUT2D eigenvalue weighted by molar-refractivity contribution is 5.95. The minimum atomic E-state index is -0.861. The van der Waals surface area contributed by atoms with Crippen molar-refractivity contribution in [3.63, 3.8) is 0 Å². The maximum Gasteiger partial charge on any atom is 0.319 e. The quantitative estimate of drug-likeness (QED) is 0.331. The molecule has 2 aromatic rings. The molecule has 2 aromatic carbocycles. The number of rotatable bonds is 13. The van der Waals surface area contributed by atoms with Crippen molar-refractivity contribution in [2.24, 2.45) is 5.92 Å².